The third-order valence-electron chi connectivity index (χ3n) is 5.57. The first kappa shape index (κ1) is 26.2. The van der Waals surface area contributed by atoms with E-state index in [2.05, 4.69) is 21.3 Å². The van der Waals surface area contributed by atoms with Crippen LogP contribution in [0.4, 0.5) is 22.7 Å². The maximum Gasteiger partial charge on any atom is 0.255 e. The van der Waals surface area contributed by atoms with Crippen molar-refractivity contribution in [1.82, 2.24) is 0 Å². The molecule has 0 aliphatic heterocycles. The summed E-state index contributed by atoms with van der Waals surface area (Å²) in [6.45, 7) is 7.27. The van der Waals surface area contributed by atoms with Crippen LogP contribution in [0.2, 0.25) is 0 Å². The number of hydrogen-bond donors (Lipinski definition) is 4. The molecular weight excluding hydrogens is 456 g/mol. The van der Waals surface area contributed by atoms with Crippen LogP contribution < -0.4 is 21.3 Å². The number of anilines is 4. The first-order chi connectivity index (χ1) is 17.2. The fraction of sp³-hybridized carbons (Fsp3) is 0.214. The number of carbonyl (C=O) groups is 4. The topological polar surface area (TPSA) is 116 Å². The zero-order valence-electron chi connectivity index (χ0n) is 20.8. The highest BCUT2D eigenvalue weighted by Gasteiger charge is 2.13. The Hall–Kier alpha value is -4.46. The summed E-state index contributed by atoms with van der Waals surface area (Å²) in [5.74, 6) is -1.01. The van der Waals surface area contributed by atoms with Crippen LogP contribution in [0.1, 0.15) is 58.5 Å². The summed E-state index contributed by atoms with van der Waals surface area (Å²) in [6, 6.07) is 16.9. The number of carbonyl (C=O) groups excluding carboxylic acids is 4. The lowest BCUT2D eigenvalue weighted by molar-refractivity contribution is -0.116. The smallest absolute Gasteiger partial charge is 0.255 e. The molecule has 0 heterocycles. The molecule has 0 spiro atoms. The second kappa shape index (κ2) is 11.8. The van der Waals surface area contributed by atoms with E-state index in [1.165, 1.54) is 6.07 Å². The number of hydrogen-bond acceptors (Lipinski definition) is 4. The van der Waals surface area contributed by atoms with Gasteiger partial charge in [0.15, 0.2) is 0 Å². The highest BCUT2D eigenvalue weighted by molar-refractivity contribution is 6.09. The van der Waals surface area contributed by atoms with Gasteiger partial charge in [0.2, 0.25) is 11.8 Å². The highest BCUT2D eigenvalue weighted by Crippen LogP contribution is 2.23. The third kappa shape index (κ3) is 6.79. The van der Waals surface area contributed by atoms with Crippen LogP contribution in [-0.4, -0.2) is 23.6 Å². The standard InChI is InChI=1S/C28H30N4O4/c1-5-25(33)31-23-15-21(12-10-17(23)3)29-27(35)19-8-7-9-20(14-19)28(36)30-22-13-11-18(4)24(16-22)32-26(34)6-2/h7-16H,5-6H2,1-4H3,(H,29,35)(H,30,36)(H,31,33)(H,32,34). The average Bonchev–Trinajstić information content (AvgIpc) is 2.87. The van der Waals surface area contributed by atoms with E-state index >= 15 is 0 Å². The van der Waals surface area contributed by atoms with Crippen molar-refractivity contribution in [3.05, 3.63) is 82.9 Å². The molecule has 0 bridgehead atoms. The summed E-state index contributed by atoms with van der Waals surface area (Å²) in [6.07, 6.45) is 0.699. The molecule has 186 valence electrons. The summed E-state index contributed by atoms with van der Waals surface area (Å²) in [5.41, 5.74) is 4.66. The van der Waals surface area contributed by atoms with Gasteiger partial charge in [-0.15, -0.1) is 0 Å². The van der Waals surface area contributed by atoms with Crippen LogP contribution in [0.25, 0.3) is 0 Å². The van der Waals surface area contributed by atoms with E-state index in [9.17, 15) is 19.2 Å². The zero-order chi connectivity index (χ0) is 26.2. The Morgan fingerprint density at radius 2 is 1.00 bits per heavy atom. The summed E-state index contributed by atoms with van der Waals surface area (Å²) in [4.78, 5) is 49.3. The lowest BCUT2D eigenvalue weighted by Gasteiger charge is -2.12. The molecule has 3 aromatic carbocycles. The van der Waals surface area contributed by atoms with Gasteiger partial charge in [-0.25, -0.2) is 0 Å². The van der Waals surface area contributed by atoms with Crippen molar-refractivity contribution in [1.29, 1.82) is 0 Å². The number of rotatable bonds is 8. The van der Waals surface area contributed by atoms with Crippen LogP contribution >= 0.6 is 0 Å². The van der Waals surface area contributed by atoms with Gasteiger partial charge in [0.25, 0.3) is 11.8 Å². The Labute approximate surface area is 210 Å². The van der Waals surface area contributed by atoms with Crippen molar-refractivity contribution in [2.75, 3.05) is 21.3 Å². The quantitative estimate of drug-likeness (QED) is 0.336. The first-order valence-electron chi connectivity index (χ1n) is 11.7. The number of benzene rings is 3. The largest absolute Gasteiger partial charge is 0.326 e. The van der Waals surface area contributed by atoms with Crippen LogP contribution in [0, 0.1) is 13.8 Å². The van der Waals surface area contributed by atoms with Crippen LogP contribution in [-0.2, 0) is 9.59 Å². The number of amides is 4. The molecular formula is C28H30N4O4. The Balaban J connectivity index is 1.73. The van der Waals surface area contributed by atoms with Crippen molar-refractivity contribution in [2.45, 2.75) is 40.5 Å². The van der Waals surface area contributed by atoms with Crippen LogP contribution in [0.5, 0.6) is 0 Å². The molecule has 0 radical (unpaired) electrons. The lowest BCUT2D eigenvalue weighted by atomic mass is 10.1. The van der Waals surface area contributed by atoms with Crippen molar-refractivity contribution >= 4 is 46.4 Å². The zero-order valence-corrected chi connectivity index (χ0v) is 20.8. The van der Waals surface area contributed by atoms with E-state index in [0.717, 1.165) is 11.1 Å². The minimum absolute atomic E-state index is 0.117. The van der Waals surface area contributed by atoms with E-state index in [-0.39, 0.29) is 23.6 Å². The maximum absolute atomic E-state index is 12.9. The van der Waals surface area contributed by atoms with Crippen molar-refractivity contribution in [2.24, 2.45) is 0 Å². The van der Waals surface area contributed by atoms with E-state index in [4.69, 9.17) is 0 Å². The van der Waals surface area contributed by atoms with Crippen LogP contribution in [0.3, 0.4) is 0 Å². The van der Waals surface area contributed by atoms with Gasteiger partial charge in [-0.3, -0.25) is 19.2 Å². The molecule has 36 heavy (non-hydrogen) atoms. The van der Waals surface area contributed by atoms with Gasteiger partial charge in [-0.2, -0.15) is 0 Å². The predicted octanol–water partition coefficient (Wildman–Crippen LogP) is 5.51. The molecule has 0 aliphatic rings. The summed E-state index contributed by atoms with van der Waals surface area (Å²) in [7, 11) is 0. The first-order valence-corrected chi connectivity index (χ1v) is 11.7. The molecule has 0 saturated heterocycles. The molecule has 4 amide bonds. The fourth-order valence-electron chi connectivity index (χ4n) is 3.35. The monoisotopic (exact) mass is 486 g/mol. The van der Waals surface area contributed by atoms with Crippen molar-refractivity contribution in [3.63, 3.8) is 0 Å². The van der Waals surface area contributed by atoms with Gasteiger partial charge in [-0.1, -0.05) is 32.0 Å². The Kier molecular flexibility index (Phi) is 8.57. The molecule has 0 unspecified atom stereocenters. The normalized spacial score (nSPS) is 10.3. The maximum atomic E-state index is 12.9. The minimum atomic E-state index is -0.388. The SMILES string of the molecule is CCC(=O)Nc1cc(NC(=O)c2cccc(C(=O)Nc3ccc(C)c(NC(=O)CC)c3)c2)ccc1C. The molecule has 0 saturated carbocycles. The Bertz CT molecular complexity index is 1220. The van der Waals surface area contributed by atoms with E-state index in [1.807, 2.05) is 26.0 Å². The molecule has 0 atom stereocenters. The summed E-state index contributed by atoms with van der Waals surface area (Å²) >= 11 is 0. The molecule has 8 nitrogen and oxygen atoms in total. The Morgan fingerprint density at radius 1 is 0.583 bits per heavy atom. The van der Waals surface area contributed by atoms with Gasteiger partial charge in [0.05, 0.1) is 0 Å². The van der Waals surface area contributed by atoms with Gasteiger partial charge in [0, 0.05) is 46.7 Å². The van der Waals surface area contributed by atoms with Gasteiger partial charge >= 0.3 is 0 Å². The van der Waals surface area contributed by atoms with Gasteiger partial charge in [-0.05, 0) is 67.4 Å². The molecule has 8 heteroatoms. The second-order valence-corrected chi connectivity index (χ2v) is 8.35. The minimum Gasteiger partial charge on any atom is -0.326 e. The van der Waals surface area contributed by atoms with Crippen molar-refractivity contribution < 1.29 is 19.2 Å². The number of nitrogens with one attached hydrogen (secondary N) is 4. The predicted molar refractivity (Wildman–Crippen MR) is 143 cm³/mol. The molecule has 4 N–H and O–H groups in total. The molecule has 3 aromatic rings. The second-order valence-electron chi connectivity index (χ2n) is 8.35. The van der Waals surface area contributed by atoms with Gasteiger partial charge in [0.1, 0.15) is 0 Å². The van der Waals surface area contributed by atoms with Gasteiger partial charge < -0.3 is 21.3 Å². The molecule has 0 aromatic heterocycles. The fourth-order valence-corrected chi connectivity index (χ4v) is 3.35. The molecule has 0 fully saturated rings. The highest BCUT2D eigenvalue weighted by atomic mass is 16.2. The van der Waals surface area contributed by atoms with E-state index < -0.39 is 0 Å². The lowest BCUT2D eigenvalue weighted by Crippen LogP contribution is -2.16. The Morgan fingerprint density at radius 3 is 1.39 bits per heavy atom. The molecule has 3 rings (SSSR count). The van der Waals surface area contributed by atoms with Crippen LogP contribution in [0.15, 0.2) is 60.7 Å². The van der Waals surface area contributed by atoms with E-state index in [1.54, 1.807) is 56.3 Å². The average molecular weight is 487 g/mol. The molecule has 0 aliphatic carbocycles. The van der Waals surface area contributed by atoms with E-state index in [0.29, 0.717) is 46.7 Å². The van der Waals surface area contributed by atoms with Crippen molar-refractivity contribution in [3.8, 4) is 0 Å². The number of aryl methyl sites for hydroxylation is 2. The third-order valence-corrected chi connectivity index (χ3v) is 5.57. The summed E-state index contributed by atoms with van der Waals surface area (Å²) in [5, 5.41) is 11.2. The summed E-state index contributed by atoms with van der Waals surface area (Å²) < 4.78 is 0.